The Labute approximate surface area is 218 Å². The Morgan fingerprint density at radius 2 is 1.15 bits per heavy atom. The summed E-state index contributed by atoms with van der Waals surface area (Å²) in [6, 6.07) is 13.9. The van der Waals surface area contributed by atoms with E-state index in [1.807, 2.05) is 12.1 Å². The molecule has 16 heteroatoms. The maximum absolute atomic E-state index is 11.6. The highest BCUT2D eigenvalue weighted by atomic mass is 16.7. The molecule has 1 aliphatic rings. The topological polar surface area (TPSA) is 195 Å². The molecule has 2 aromatic carbocycles. The van der Waals surface area contributed by atoms with E-state index in [1.165, 1.54) is 13.8 Å². The summed E-state index contributed by atoms with van der Waals surface area (Å²) in [7, 11) is 0. The van der Waals surface area contributed by atoms with Crippen LogP contribution in [0.4, 0.5) is 0 Å². The first-order valence-corrected chi connectivity index (χ1v) is 11.1. The number of para-hydroxylation sites is 1. The summed E-state index contributed by atoms with van der Waals surface area (Å²) >= 11 is 0. The van der Waals surface area contributed by atoms with E-state index in [4.69, 9.17) is 4.84 Å². The fourth-order valence-corrected chi connectivity index (χ4v) is 2.98. The van der Waals surface area contributed by atoms with Crippen LogP contribution in [0.5, 0.6) is 0 Å². The highest BCUT2D eigenvalue weighted by Gasteiger charge is 2.31. The third-order valence-corrected chi connectivity index (χ3v) is 4.52. The summed E-state index contributed by atoms with van der Waals surface area (Å²) in [5.74, 6) is -2.61. The molecule has 3 heterocycles. The molecular formula is C23H21N7O9. The molecule has 1 fully saturated rings. The van der Waals surface area contributed by atoms with E-state index >= 15 is 0 Å². The average molecular weight is 539 g/mol. The highest BCUT2D eigenvalue weighted by Crippen LogP contribution is 2.11. The zero-order valence-corrected chi connectivity index (χ0v) is 20.8. The molecule has 0 bridgehead atoms. The summed E-state index contributed by atoms with van der Waals surface area (Å²) in [4.78, 5) is 80.1. The fraction of sp³-hybridized carbons (Fsp3) is 0.217. The lowest BCUT2D eigenvalue weighted by Gasteiger charge is -2.09. The molecule has 0 atom stereocenters. The van der Waals surface area contributed by atoms with E-state index in [-0.39, 0.29) is 12.8 Å². The van der Waals surface area contributed by atoms with Gasteiger partial charge in [0.15, 0.2) is 0 Å². The van der Waals surface area contributed by atoms with Crippen molar-refractivity contribution in [3.63, 3.8) is 0 Å². The van der Waals surface area contributed by atoms with Crippen LogP contribution >= 0.6 is 0 Å². The van der Waals surface area contributed by atoms with Crippen molar-refractivity contribution in [2.24, 2.45) is 0 Å². The molecular weight excluding hydrogens is 518 g/mol. The number of amides is 2. The molecule has 0 aliphatic carbocycles. The Balaban J connectivity index is 0.000000164. The predicted octanol–water partition coefficient (Wildman–Crippen LogP) is -0.213. The Morgan fingerprint density at radius 3 is 1.77 bits per heavy atom. The second-order valence-electron chi connectivity index (χ2n) is 7.57. The van der Waals surface area contributed by atoms with Crippen LogP contribution < -0.4 is 15.2 Å². The molecule has 39 heavy (non-hydrogen) atoms. The second-order valence-corrected chi connectivity index (χ2v) is 7.57. The molecule has 202 valence electrons. The van der Waals surface area contributed by atoms with Crippen molar-refractivity contribution in [1.82, 2.24) is 35.4 Å². The van der Waals surface area contributed by atoms with Crippen molar-refractivity contribution in [3.8, 4) is 0 Å². The van der Waals surface area contributed by atoms with Gasteiger partial charge in [0.05, 0.1) is 5.39 Å². The van der Waals surface area contributed by atoms with Crippen LogP contribution in [0.1, 0.15) is 33.6 Å². The van der Waals surface area contributed by atoms with E-state index in [9.17, 15) is 28.8 Å². The number of carbonyl (C=O) groups is 5. The van der Waals surface area contributed by atoms with Gasteiger partial charge in [0.25, 0.3) is 11.8 Å². The van der Waals surface area contributed by atoms with Crippen LogP contribution in [0.2, 0.25) is 0 Å². The third kappa shape index (κ3) is 7.48. The zero-order chi connectivity index (χ0) is 28.5. The van der Waals surface area contributed by atoms with Gasteiger partial charge in [-0.25, -0.2) is 14.4 Å². The van der Waals surface area contributed by atoms with Crippen LogP contribution in [0.25, 0.3) is 21.9 Å². The number of rotatable bonds is 3. The summed E-state index contributed by atoms with van der Waals surface area (Å²) < 4.78 is 0. The van der Waals surface area contributed by atoms with Gasteiger partial charge in [0.1, 0.15) is 16.6 Å². The minimum atomic E-state index is -0.659. The number of nitrogens with zero attached hydrogens (tertiary/aromatic N) is 7. The Bertz CT molecular complexity index is 1600. The second kappa shape index (κ2) is 12.6. The van der Waals surface area contributed by atoms with Crippen LogP contribution in [0, 0.1) is 0 Å². The molecule has 0 radical (unpaired) electrons. The van der Waals surface area contributed by atoms with Crippen LogP contribution in [0.3, 0.4) is 0 Å². The summed E-state index contributed by atoms with van der Waals surface area (Å²) in [5, 5.41) is 15.5. The van der Waals surface area contributed by atoms with Gasteiger partial charge in [0, 0.05) is 33.6 Å². The van der Waals surface area contributed by atoms with Gasteiger partial charge in [-0.05, 0) is 39.5 Å². The number of fused-ring (bicyclic) bond motifs is 2. The van der Waals surface area contributed by atoms with Crippen molar-refractivity contribution in [2.75, 3.05) is 0 Å². The number of hydrogen-bond donors (Lipinski definition) is 0. The van der Waals surface area contributed by atoms with Gasteiger partial charge in [-0.1, -0.05) is 29.1 Å². The molecule has 1 saturated heterocycles. The van der Waals surface area contributed by atoms with Crippen molar-refractivity contribution in [2.45, 2.75) is 33.6 Å². The zero-order valence-electron chi connectivity index (χ0n) is 20.8. The van der Waals surface area contributed by atoms with Crippen molar-refractivity contribution < 1.29 is 38.5 Å². The molecule has 2 aromatic heterocycles. The number of imide groups is 1. The number of benzene rings is 2. The predicted molar refractivity (Wildman–Crippen MR) is 129 cm³/mol. The van der Waals surface area contributed by atoms with E-state index in [0.717, 1.165) is 11.8 Å². The molecule has 5 rings (SSSR count). The lowest BCUT2D eigenvalue weighted by atomic mass is 10.2. The molecule has 2 amide bonds. The van der Waals surface area contributed by atoms with Gasteiger partial charge >= 0.3 is 23.5 Å². The van der Waals surface area contributed by atoms with Crippen LogP contribution in [0.15, 0.2) is 53.3 Å². The SMILES string of the molecule is CC(=O)ON1C(=O)CCC1=O.CC(=O)On1nnc2ccccc21.CC(=O)On1nnc2ccccc2c1=O. The quantitative estimate of drug-likeness (QED) is 0.245. The smallest absolute Gasteiger partial charge is 0.331 e. The molecule has 16 nitrogen and oxygen atoms in total. The molecule has 4 aromatic rings. The third-order valence-electron chi connectivity index (χ3n) is 4.52. The first-order chi connectivity index (χ1) is 18.6. The minimum absolute atomic E-state index is 0.131. The number of carbonyl (C=O) groups excluding carboxylic acids is 5. The van der Waals surface area contributed by atoms with Crippen LogP contribution in [-0.2, 0) is 28.8 Å². The summed E-state index contributed by atoms with van der Waals surface area (Å²) in [6.45, 7) is 3.64. The normalized spacial score (nSPS) is 12.2. The monoisotopic (exact) mass is 539 g/mol. The van der Waals surface area contributed by atoms with Gasteiger partial charge in [-0.2, -0.15) is 0 Å². The van der Waals surface area contributed by atoms with E-state index in [2.05, 4.69) is 30.3 Å². The molecule has 0 unspecified atom stereocenters. The van der Waals surface area contributed by atoms with Crippen molar-refractivity contribution >= 4 is 51.7 Å². The van der Waals surface area contributed by atoms with Gasteiger partial charge in [-0.3, -0.25) is 14.4 Å². The fourth-order valence-electron chi connectivity index (χ4n) is 2.98. The Hall–Kier alpha value is -5.54. The maximum atomic E-state index is 11.6. The largest absolute Gasteiger partial charge is 0.332 e. The maximum Gasteiger partial charge on any atom is 0.332 e. The van der Waals surface area contributed by atoms with Gasteiger partial charge in [0.2, 0.25) is 0 Å². The first-order valence-electron chi connectivity index (χ1n) is 11.1. The Kier molecular flexibility index (Phi) is 9.07. The number of aromatic nitrogens is 6. The van der Waals surface area contributed by atoms with Gasteiger partial charge in [-0.15, -0.1) is 15.3 Å². The van der Waals surface area contributed by atoms with E-state index in [1.54, 1.807) is 36.4 Å². The summed E-state index contributed by atoms with van der Waals surface area (Å²) in [6.07, 6.45) is 0.262. The molecule has 1 aliphatic heterocycles. The Morgan fingerprint density at radius 1 is 0.667 bits per heavy atom. The highest BCUT2D eigenvalue weighted by molar-refractivity contribution is 6.01. The number of hydroxylamine groups is 2. The van der Waals surface area contributed by atoms with Crippen molar-refractivity contribution in [1.29, 1.82) is 0 Å². The van der Waals surface area contributed by atoms with Gasteiger partial charge < -0.3 is 14.5 Å². The van der Waals surface area contributed by atoms with Crippen molar-refractivity contribution in [3.05, 3.63) is 58.9 Å². The number of hydrogen-bond acceptors (Lipinski definition) is 13. The standard InChI is InChI=1S/C9H7N3O3.C8H7N3O2.C6H7NO4/c1-6(13)15-12-9(14)7-4-2-3-5-8(7)10-11-12;1-6(12)13-11-8-5-3-2-4-7(8)9-10-11;1-4(8)11-7-5(9)2-3-6(7)10/h2-5H,1H3;2-5H,1H3;2-3H2,1H3. The van der Waals surface area contributed by atoms with E-state index < -0.39 is 35.3 Å². The average Bonchev–Trinajstić information content (AvgIpc) is 3.44. The lowest BCUT2D eigenvalue weighted by molar-refractivity contribution is -0.195. The first kappa shape index (κ1) is 28.0. The molecule has 0 saturated carbocycles. The lowest BCUT2D eigenvalue weighted by Crippen LogP contribution is -2.32. The summed E-state index contributed by atoms with van der Waals surface area (Å²) in [5.41, 5.74) is 1.34. The van der Waals surface area contributed by atoms with E-state index in [0.29, 0.717) is 31.8 Å². The van der Waals surface area contributed by atoms with Crippen LogP contribution in [-0.4, -0.2) is 65.1 Å². The minimum Gasteiger partial charge on any atom is -0.331 e. The molecule has 0 spiro atoms. The molecule has 0 N–H and O–H groups in total.